The first-order chi connectivity index (χ1) is 15.6. The van der Waals surface area contributed by atoms with Crippen LogP contribution in [0.15, 0.2) is 18.2 Å². The molecule has 0 aliphatic carbocycles. The van der Waals surface area contributed by atoms with Crippen molar-refractivity contribution in [1.29, 1.82) is 0 Å². The summed E-state index contributed by atoms with van der Waals surface area (Å²) in [6.45, 7) is 7.92. The number of nitrogens with one attached hydrogen (secondary N) is 2. The fraction of sp³-hybridized carbons (Fsp3) is 0.625. The zero-order valence-electron chi connectivity index (χ0n) is 19.5. The van der Waals surface area contributed by atoms with Crippen LogP contribution in [-0.4, -0.2) is 62.5 Å². The molecule has 3 aliphatic heterocycles. The lowest BCUT2D eigenvalue weighted by Crippen LogP contribution is -2.54. The van der Waals surface area contributed by atoms with Crippen LogP contribution in [0.4, 0.5) is 5.69 Å². The van der Waals surface area contributed by atoms with E-state index < -0.39 is 33.4 Å². The number of thioether (sulfide) groups is 1. The zero-order valence-corrected chi connectivity index (χ0v) is 21.1. The van der Waals surface area contributed by atoms with Gasteiger partial charge < -0.3 is 20.6 Å². The first-order valence-corrected chi connectivity index (χ1v) is 12.8. The number of aryl methyl sites for hydroxylation is 1. The van der Waals surface area contributed by atoms with E-state index in [9.17, 15) is 19.5 Å². The molecule has 1 aromatic carbocycles. The molecule has 3 fully saturated rings. The van der Waals surface area contributed by atoms with E-state index >= 15 is 0 Å². The fourth-order valence-corrected chi connectivity index (χ4v) is 8.58. The van der Waals surface area contributed by atoms with Gasteiger partial charge in [0.2, 0.25) is 17.7 Å². The highest BCUT2D eigenvalue weighted by Gasteiger charge is 2.77. The van der Waals surface area contributed by atoms with Crippen molar-refractivity contribution in [3.63, 3.8) is 0 Å². The summed E-state index contributed by atoms with van der Waals surface area (Å²) in [6, 6.07) is 4.04. The number of fused-ring (bicyclic) bond motifs is 1. The van der Waals surface area contributed by atoms with Crippen molar-refractivity contribution < 1.29 is 19.5 Å². The minimum Gasteiger partial charge on any atom is -0.394 e. The molecule has 3 N–H and O–H groups in total. The van der Waals surface area contributed by atoms with Gasteiger partial charge in [0.05, 0.1) is 39.9 Å². The van der Waals surface area contributed by atoms with Crippen molar-refractivity contribution >= 4 is 46.8 Å². The number of likely N-dealkylation sites (tertiary alicyclic amines) is 1. The molecule has 0 radical (unpaired) electrons. The van der Waals surface area contributed by atoms with Crippen LogP contribution >= 0.6 is 23.4 Å². The number of hydrogen-bond donors (Lipinski definition) is 3. The molecule has 2 unspecified atom stereocenters. The molecule has 1 aromatic rings. The Morgan fingerprint density at radius 2 is 2.06 bits per heavy atom. The average Bonchev–Trinajstić information content (AvgIpc) is 3.35. The Kier molecular flexibility index (Phi) is 6.48. The smallest absolute Gasteiger partial charge is 0.248 e. The molecule has 6 atom stereocenters. The molecular formula is C24H32ClN3O4S. The van der Waals surface area contributed by atoms with Gasteiger partial charge in [-0.25, -0.2) is 0 Å². The molecule has 2 bridgehead atoms. The van der Waals surface area contributed by atoms with Gasteiger partial charge in [-0.15, -0.1) is 11.8 Å². The number of para-hydroxylation sites is 1. The van der Waals surface area contributed by atoms with Crippen LogP contribution < -0.4 is 10.6 Å². The number of hydrogen-bond acceptors (Lipinski definition) is 5. The standard InChI is InChI=1S/C24H32ClN3O4S/c1-5-11-26-20(30)16-17-22(32)28(14(3)12-29)19(24(17)10-9-23(16,4)33-24)21(31)27-18-13(2)7-6-8-15(18)25/h6-8,14,16-17,19,29H,5,9-12H2,1-4H3,(H,26,30)(H,27,31)/t14-,16-,17+,19?,23+,24?/m1/s1. The fourth-order valence-electron chi connectivity index (χ4n) is 5.97. The van der Waals surface area contributed by atoms with Crippen LogP contribution in [0.25, 0.3) is 0 Å². The Labute approximate surface area is 204 Å². The third-order valence-electron chi connectivity index (χ3n) is 7.50. The third-order valence-corrected chi connectivity index (χ3v) is 9.80. The number of amides is 3. The Morgan fingerprint density at radius 3 is 2.70 bits per heavy atom. The first-order valence-electron chi connectivity index (χ1n) is 11.6. The van der Waals surface area contributed by atoms with Gasteiger partial charge in [-0.3, -0.25) is 14.4 Å². The van der Waals surface area contributed by atoms with E-state index in [1.54, 1.807) is 24.8 Å². The number of halogens is 1. The van der Waals surface area contributed by atoms with Crippen molar-refractivity contribution in [3.8, 4) is 0 Å². The summed E-state index contributed by atoms with van der Waals surface area (Å²) in [5.74, 6) is -1.78. The summed E-state index contributed by atoms with van der Waals surface area (Å²) in [4.78, 5) is 42.4. The molecule has 7 nitrogen and oxygen atoms in total. The predicted molar refractivity (Wildman–Crippen MR) is 130 cm³/mol. The van der Waals surface area contributed by atoms with Gasteiger partial charge in [-0.2, -0.15) is 0 Å². The van der Waals surface area contributed by atoms with Gasteiger partial charge in [0.25, 0.3) is 0 Å². The van der Waals surface area contributed by atoms with Crippen LogP contribution in [0, 0.1) is 18.8 Å². The molecule has 9 heteroatoms. The van der Waals surface area contributed by atoms with E-state index in [0.29, 0.717) is 23.7 Å². The SMILES string of the molecule is CCCNC(=O)[C@H]1[C@H]2C(=O)N([C@H](C)CO)C(C(=O)Nc3c(C)cccc3Cl)C23CC[C@]1(C)S3. The van der Waals surface area contributed by atoms with E-state index in [1.807, 2.05) is 32.9 Å². The molecule has 33 heavy (non-hydrogen) atoms. The number of nitrogens with zero attached hydrogens (tertiary/aromatic N) is 1. The van der Waals surface area contributed by atoms with Gasteiger partial charge >= 0.3 is 0 Å². The summed E-state index contributed by atoms with van der Waals surface area (Å²) >= 11 is 7.98. The number of rotatable bonds is 7. The second kappa shape index (κ2) is 8.78. The largest absolute Gasteiger partial charge is 0.394 e. The van der Waals surface area contributed by atoms with E-state index in [-0.39, 0.29) is 24.3 Å². The highest BCUT2D eigenvalue weighted by Crippen LogP contribution is 2.71. The van der Waals surface area contributed by atoms with Crippen molar-refractivity contribution in [2.75, 3.05) is 18.5 Å². The Balaban J connectivity index is 1.75. The van der Waals surface area contributed by atoms with Crippen molar-refractivity contribution in [2.45, 2.75) is 68.5 Å². The van der Waals surface area contributed by atoms with Crippen LogP contribution in [0.3, 0.4) is 0 Å². The van der Waals surface area contributed by atoms with Gasteiger partial charge in [0.15, 0.2) is 0 Å². The molecule has 3 saturated heterocycles. The molecular weight excluding hydrogens is 462 g/mol. The second-order valence-electron chi connectivity index (χ2n) is 9.72. The number of benzene rings is 1. The number of aliphatic hydroxyl groups excluding tert-OH is 1. The van der Waals surface area contributed by atoms with Gasteiger partial charge in [0.1, 0.15) is 6.04 Å². The predicted octanol–water partition coefficient (Wildman–Crippen LogP) is 2.98. The summed E-state index contributed by atoms with van der Waals surface area (Å²) in [5.41, 5.74) is 1.34. The van der Waals surface area contributed by atoms with Crippen molar-refractivity contribution in [2.24, 2.45) is 11.8 Å². The average molecular weight is 494 g/mol. The Bertz CT molecular complexity index is 970. The molecule has 1 spiro atoms. The molecule has 3 aliphatic rings. The van der Waals surface area contributed by atoms with E-state index in [0.717, 1.165) is 18.4 Å². The monoisotopic (exact) mass is 493 g/mol. The topological polar surface area (TPSA) is 98.7 Å². The van der Waals surface area contributed by atoms with Crippen LogP contribution in [0.1, 0.15) is 45.6 Å². The maximum absolute atomic E-state index is 13.8. The maximum atomic E-state index is 13.8. The molecule has 3 amide bonds. The minimum absolute atomic E-state index is 0.119. The van der Waals surface area contributed by atoms with E-state index in [4.69, 9.17) is 11.6 Å². The van der Waals surface area contributed by atoms with Gasteiger partial charge in [0, 0.05) is 11.3 Å². The molecule has 3 heterocycles. The number of carbonyl (C=O) groups excluding carboxylic acids is 3. The maximum Gasteiger partial charge on any atom is 0.248 e. The normalized spacial score (nSPS) is 33.2. The summed E-state index contributed by atoms with van der Waals surface area (Å²) in [5, 5.41) is 16.3. The van der Waals surface area contributed by atoms with Gasteiger partial charge in [-0.1, -0.05) is 30.7 Å². The minimum atomic E-state index is -0.802. The van der Waals surface area contributed by atoms with Crippen LogP contribution in [0.5, 0.6) is 0 Å². The van der Waals surface area contributed by atoms with E-state index in [2.05, 4.69) is 10.6 Å². The molecule has 4 rings (SSSR count). The summed E-state index contributed by atoms with van der Waals surface area (Å²) in [7, 11) is 0. The summed E-state index contributed by atoms with van der Waals surface area (Å²) < 4.78 is -1.13. The number of aliphatic hydroxyl groups is 1. The van der Waals surface area contributed by atoms with Crippen LogP contribution in [0.2, 0.25) is 5.02 Å². The Hall–Kier alpha value is -1.77. The molecule has 180 valence electrons. The number of carbonyl (C=O) groups is 3. The Morgan fingerprint density at radius 1 is 1.33 bits per heavy atom. The van der Waals surface area contributed by atoms with Gasteiger partial charge in [-0.05, 0) is 51.7 Å². The number of anilines is 1. The van der Waals surface area contributed by atoms with E-state index in [1.165, 1.54) is 4.90 Å². The second-order valence-corrected chi connectivity index (χ2v) is 12.0. The quantitative estimate of drug-likeness (QED) is 0.542. The zero-order chi connectivity index (χ0) is 24.1. The lowest BCUT2D eigenvalue weighted by atomic mass is 9.66. The first kappa shape index (κ1) is 24.4. The lowest BCUT2D eigenvalue weighted by Gasteiger charge is -2.36. The van der Waals surface area contributed by atoms with Crippen LogP contribution in [-0.2, 0) is 14.4 Å². The van der Waals surface area contributed by atoms with Crippen molar-refractivity contribution in [1.82, 2.24) is 10.2 Å². The lowest BCUT2D eigenvalue weighted by molar-refractivity contribution is -0.142. The third kappa shape index (κ3) is 3.65. The highest BCUT2D eigenvalue weighted by atomic mass is 35.5. The molecule has 0 aromatic heterocycles. The molecule has 0 saturated carbocycles. The van der Waals surface area contributed by atoms with Crippen molar-refractivity contribution in [3.05, 3.63) is 28.8 Å². The highest BCUT2D eigenvalue weighted by molar-refractivity contribution is 8.02. The summed E-state index contributed by atoms with van der Waals surface area (Å²) in [6.07, 6.45) is 2.22.